The molecule has 1 unspecified atom stereocenters. The SMILES string of the molecule is Cc1c(C2CCCN2C(=O)c2cc([N+](=O)[O-])ccc2O)cnn1C. The number of phenols is 1. The molecule has 1 saturated heterocycles. The van der Waals surface area contributed by atoms with Crippen LogP contribution in [0.2, 0.25) is 0 Å². The van der Waals surface area contributed by atoms with Crippen molar-refractivity contribution in [2.24, 2.45) is 7.05 Å². The summed E-state index contributed by atoms with van der Waals surface area (Å²) in [5, 5.41) is 25.1. The van der Waals surface area contributed by atoms with Crippen molar-refractivity contribution in [1.29, 1.82) is 0 Å². The molecule has 1 aliphatic heterocycles. The van der Waals surface area contributed by atoms with E-state index in [2.05, 4.69) is 5.10 Å². The molecule has 8 heteroatoms. The summed E-state index contributed by atoms with van der Waals surface area (Å²) in [6, 6.07) is 3.36. The molecular weight excluding hydrogens is 312 g/mol. The zero-order chi connectivity index (χ0) is 17.4. The highest BCUT2D eigenvalue weighted by Crippen LogP contribution is 2.36. The van der Waals surface area contributed by atoms with Crippen LogP contribution in [0.5, 0.6) is 5.75 Å². The van der Waals surface area contributed by atoms with Crippen molar-refractivity contribution in [3.63, 3.8) is 0 Å². The standard InChI is InChI=1S/C16H18N4O4/c1-10-13(9-17-18(10)2)14-4-3-7-19(14)16(22)12-8-11(20(23)24)5-6-15(12)21/h5-6,8-9,14,21H,3-4,7H2,1-2H3. The van der Waals surface area contributed by atoms with Gasteiger partial charge >= 0.3 is 0 Å². The Morgan fingerprint density at radius 2 is 2.21 bits per heavy atom. The fourth-order valence-electron chi connectivity index (χ4n) is 3.14. The van der Waals surface area contributed by atoms with Crippen molar-refractivity contribution >= 4 is 11.6 Å². The van der Waals surface area contributed by atoms with E-state index in [1.807, 2.05) is 14.0 Å². The lowest BCUT2D eigenvalue weighted by Crippen LogP contribution is -2.30. The molecule has 1 N–H and O–H groups in total. The second-order valence-electron chi connectivity index (χ2n) is 5.92. The van der Waals surface area contributed by atoms with Crippen molar-refractivity contribution in [3.8, 4) is 5.75 Å². The van der Waals surface area contributed by atoms with Crippen LogP contribution in [0.15, 0.2) is 24.4 Å². The Morgan fingerprint density at radius 3 is 2.83 bits per heavy atom. The Labute approximate surface area is 138 Å². The molecule has 1 aromatic carbocycles. The van der Waals surface area contributed by atoms with Gasteiger partial charge in [-0.15, -0.1) is 0 Å². The summed E-state index contributed by atoms with van der Waals surface area (Å²) in [6.07, 6.45) is 3.38. The largest absolute Gasteiger partial charge is 0.507 e. The number of carbonyl (C=O) groups is 1. The van der Waals surface area contributed by atoms with Crippen LogP contribution in [0.25, 0.3) is 0 Å². The van der Waals surface area contributed by atoms with Crippen molar-refractivity contribution < 1.29 is 14.8 Å². The number of amides is 1. The molecule has 0 aliphatic carbocycles. The van der Waals surface area contributed by atoms with Crippen LogP contribution >= 0.6 is 0 Å². The third kappa shape index (κ3) is 2.60. The van der Waals surface area contributed by atoms with Crippen molar-refractivity contribution in [1.82, 2.24) is 14.7 Å². The summed E-state index contributed by atoms with van der Waals surface area (Å²) in [6.45, 7) is 2.48. The molecule has 24 heavy (non-hydrogen) atoms. The predicted molar refractivity (Wildman–Crippen MR) is 85.7 cm³/mol. The van der Waals surface area contributed by atoms with Crippen molar-refractivity contribution in [2.45, 2.75) is 25.8 Å². The molecule has 1 aromatic heterocycles. The van der Waals surface area contributed by atoms with E-state index in [1.165, 1.54) is 12.1 Å². The summed E-state index contributed by atoms with van der Waals surface area (Å²) >= 11 is 0. The lowest BCUT2D eigenvalue weighted by Gasteiger charge is -2.25. The first-order chi connectivity index (χ1) is 11.4. The molecule has 0 spiro atoms. The Bertz CT molecular complexity index is 814. The number of likely N-dealkylation sites (tertiary alicyclic amines) is 1. The van der Waals surface area contributed by atoms with Crippen LogP contribution in [0.4, 0.5) is 5.69 Å². The zero-order valence-corrected chi connectivity index (χ0v) is 13.5. The van der Waals surface area contributed by atoms with E-state index in [1.54, 1.807) is 15.8 Å². The molecule has 1 aliphatic rings. The highest BCUT2D eigenvalue weighted by Gasteiger charge is 2.34. The number of nitro benzene ring substituents is 1. The van der Waals surface area contributed by atoms with Gasteiger partial charge in [0, 0.05) is 37.0 Å². The Morgan fingerprint density at radius 1 is 1.46 bits per heavy atom. The monoisotopic (exact) mass is 330 g/mol. The van der Waals surface area contributed by atoms with Gasteiger partial charge in [0.15, 0.2) is 0 Å². The topological polar surface area (TPSA) is 102 Å². The predicted octanol–water partition coefficient (Wildman–Crippen LogP) is 2.32. The lowest BCUT2D eigenvalue weighted by molar-refractivity contribution is -0.384. The molecule has 1 atom stereocenters. The van der Waals surface area contributed by atoms with Crippen LogP contribution in [-0.4, -0.2) is 37.2 Å². The molecule has 126 valence electrons. The number of hydrogen-bond acceptors (Lipinski definition) is 5. The fourth-order valence-corrected chi connectivity index (χ4v) is 3.14. The van der Waals surface area contributed by atoms with E-state index in [9.17, 15) is 20.0 Å². The first-order valence-electron chi connectivity index (χ1n) is 7.67. The van der Waals surface area contributed by atoms with Crippen LogP contribution in [0.1, 0.15) is 40.5 Å². The smallest absolute Gasteiger partial charge is 0.270 e. The molecule has 0 bridgehead atoms. The molecule has 1 fully saturated rings. The number of benzene rings is 1. The second kappa shape index (κ2) is 5.95. The molecule has 8 nitrogen and oxygen atoms in total. The number of aromatic nitrogens is 2. The van der Waals surface area contributed by atoms with Gasteiger partial charge < -0.3 is 10.0 Å². The van der Waals surface area contributed by atoms with Crippen molar-refractivity contribution in [2.75, 3.05) is 6.54 Å². The summed E-state index contributed by atoms with van der Waals surface area (Å²) in [5.74, 6) is -0.652. The van der Waals surface area contributed by atoms with Gasteiger partial charge in [0.2, 0.25) is 0 Å². The number of nitro groups is 1. The number of aromatic hydroxyl groups is 1. The maximum atomic E-state index is 12.9. The first-order valence-corrected chi connectivity index (χ1v) is 7.67. The maximum Gasteiger partial charge on any atom is 0.270 e. The van der Waals surface area contributed by atoms with Crippen LogP contribution in [0.3, 0.4) is 0 Å². The minimum Gasteiger partial charge on any atom is -0.507 e. The minimum absolute atomic E-state index is 0.0438. The zero-order valence-electron chi connectivity index (χ0n) is 13.5. The average Bonchev–Trinajstić information content (AvgIpc) is 3.14. The van der Waals surface area contributed by atoms with Gasteiger partial charge in [-0.25, -0.2) is 0 Å². The van der Waals surface area contributed by atoms with Gasteiger partial charge in [-0.3, -0.25) is 19.6 Å². The molecule has 3 rings (SSSR count). The molecular formula is C16H18N4O4. The average molecular weight is 330 g/mol. The molecule has 0 saturated carbocycles. The van der Waals surface area contributed by atoms with Crippen molar-refractivity contribution in [3.05, 3.63) is 51.3 Å². The Hall–Kier alpha value is -2.90. The van der Waals surface area contributed by atoms with E-state index >= 15 is 0 Å². The lowest BCUT2D eigenvalue weighted by atomic mass is 10.0. The first kappa shape index (κ1) is 16.0. The summed E-state index contributed by atoms with van der Waals surface area (Å²) in [7, 11) is 1.84. The highest BCUT2D eigenvalue weighted by molar-refractivity contribution is 5.98. The molecule has 2 heterocycles. The maximum absolute atomic E-state index is 12.9. The van der Waals surface area contributed by atoms with Gasteiger partial charge in [0.05, 0.1) is 22.7 Å². The number of phenolic OH excluding ortho intramolecular Hbond substituents is 1. The summed E-state index contributed by atoms with van der Waals surface area (Å²) < 4.78 is 1.75. The number of nitrogens with zero attached hydrogens (tertiary/aromatic N) is 4. The van der Waals surface area contributed by atoms with Crippen LogP contribution in [-0.2, 0) is 7.05 Å². The highest BCUT2D eigenvalue weighted by atomic mass is 16.6. The van der Waals surface area contributed by atoms with Gasteiger partial charge in [-0.2, -0.15) is 5.10 Å². The normalized spacial score (nSPS) is 17.2. The molecule has 2 aromatic rings. The van der Waals surface area contributed by atoms with Gasteiger partial charge in [-0.05, 0) is 25.8 Å². The number of aryl methyl sites for hydroxylation is 1. The quantitative estimate of drug-likeness (QED) is 0.687. The summed E-state index contributed by atoms with van der Waals surface area (Å²) in [5.41, 5.74) is 1.68. The molecule has 0 radical (unpaired) electrons. The van der Waals surface area contributed by atoms with E-state index in [4.69, 9.17) is 0 Å². The van der Waals surface area contributed by atoms with E-state index < -0.39 is 10.8 Å². The second-order valence-corrected chi connectivity index (χ2v) is 5.92. The third-order valence-electron chi connectivity index (χ3n) is 4.57. The third-order valence-corrected chi connectivity index (χ3v) is 4.57. The number of carbonyl (C=O) groups excluding carboxylic acids is 1. The van der Waals surface area contributed by atoms with E-state index in [0.717, 1.165) is 30.2 Å². The summed E-state index contributed by atoms with van der Waals surface area (Å²) in [4.78, 5) is 24.9. The molecule has 1 amide bonds. The van der Waals surface area contributed by atoms with Crippen LogP contribution < -0.4 is 0 Å². The minimum atomic E-state index is -0.580. The fraction of sp³-hybridized carbons (Fsp3) is 0.375. The van der Waals surface area contributed by atoms with E-state index in [0.29, 0.717) is 6.54 Å². The number of hydrogen-bond donors (Lipinski definition) is 1. The number of rotatable bonds is 3. The van der Waals surface area contributed by atoms with Gasteiger partial charge in [0.1, 0.15) is 5.75 Å². The van der Waals surface area contributed by atoms with Gasteiger partial charge in [-0.1, -0.05) is 0 Å². The Kier molecular flexibility index (Phi) is 3.96. The Balaban J connectivity index is 1.96. The number of non-ortho nitro benzene ring substituents is 1. The van der Waals surface area contributed by atoms with E-state index in [-0.39, 0.29) is 23.0 Å². The van der Waals surface area contributed by atoms with Crippen LogP contribution in [0, 0.1) is 17.0 Å². The van der Waals surface area contributed by atoms with Gasteiger partial charge in [0.25, 0.3) is 11.6 Å².